The lowest BCUT2D eigenvalue weighted by molar-refractivity contribution is 0.0820. The topological polar surface area (TPSA) is 51.0 Å². The van der Waals surface area contributed by atoms with Gasteiger partial charge >= 0.3 is 0 Å². The number of benzene rings is 1. The van der Waals surface area contributed by atoms with E-state index < -0.39 is 0 Å². The minimum atomic E-state index is -0.103. The van der Waals surface area contributed by atoms with Crippen LogP contribution in [0.25, 0.3) is 16.7 Å². The van der Waals surface area contributed by atoms with Crippen molar-refractivity contribution in [1.29, 1.82) is 0 Å². The molecular weight excluding hydrogens is 336 g/mol. The Morgan fingerprint density at radius 2 is 1.80 bits per heavy atom. The van der Waals surface area contributed by atoms with Crippen molar-refractivity contribution < 1.29 is 4.79 Å². The average Bonchev–Trinajstić information content (AvgIpc) is 2.91. The van der Waals surface area contributed by atoms with Crippen LogP contribution < -0.4 is 0 Å². The van der Waals surface area contributed by atoms with Gasteiger partial charge in [0.05, 0.1) is 0 Å². The van der Waals surface area contributed by atoms with Crippen molar-refractivity contribution in [3.8, 4) is 5.69 Å². The van der Waals surface area contributed by atoms with Gasteiger partial charge in [-0.1, -0.05) is 32.9 Å². The van der Waals surface area contributed by atoms with Crippen LogP contribution in [0.3, 0.4) is 0 Å². The fraction of sp³-hybridized carbons (Fsp3) is 0.316. The first-order valence-corrected chi connectivity index (χ1v) is 8.43. The van der Waals surface area contributed by atoms with Gasteiger partial charge in [-0.3, -0.25) is 9.36 Å². The summed E-state index contributed by atoms with van der Waals surface area (Å²) in [6.07, 6.45) is 1.64. The Bertz CT molecular complexity index is 936. The number of aromatic nitrogens is 3. The average molecular weight is 357 g/mol. The van der Waals surface area contributed by atoms with Gasteiger partial charge in [0.25, 0.3) is 5.91 Å². The lowest BCUT2D eigenvalue weighted by atomic mass is 9.87. The summed E-state index contributed by atoms with van der Waals surface area (Å²) >= 11 is 5.98. The molecular formula is C19H21ClN4O. The molecule has 0 bridgehead atoms. The number of carbonyl (C=O) groups excluding carboxylic acids is 1. The molecule has 5 nitrogen and oxygen atoms in total. The first-order valence-electron chi connectivity index (χ1n) is 8.05. The van der Waals surface area contributed by atoms with E-state index in [0.29, 0.717) is 11.3 Å². The van der Waals surface area contributed by atoms with Crippen LogP contribution in [-0.2, 0) is 5.41 Å². The maximum absolute atomic E-state index is 12.6. The summed E-state index contributed by atoms with van der Waals surface area (Å²) < 4.78 is 1.83. The number of fused-ring (bicyclic) bond motifs is 1. The quantitative estimate of drug-likeness (QED) is 0.650. The van der Waals surface area contributed by atoms with Crippen LogP contribution in [0.5, 0.6) is 0 Å². The molecule has 0 aliphatic carbocycles. The molecule has 1 aromatic carbocycles. The van der Waals surface area contributed by atoms with E-state index in [4.69, 9.17) is 11.6 Å². The molecule has 0 N–H and O–H groups in total. The molecule has 2 heterocycles. The van der Waals surface area contributed by atoms with Crippen LogP contribution in [0.4, 0.5) is 0 Å². The van der Waals surface area contributed by atoms with Gasteiger partial charge in [-0.25, -0.2) is 4.98 Å². The van der Waals surface area contributed by atoms with E-state index in [0.717, 1.165) is 11.1 Å². The SMILES string of the molecule is CN(C)C(=O)c1cc2cnc(Cl)nc2n1-c1ccc(C(C)(C)C)cc1. The van der Waals surface area contributed by atoms with Crippen LogP contribution in [0.15, 0.2) is 36.5 Å². The molecule has 0 atom stereocenters. The molecule has 1 amide bonds. The predicted octanol–water partition coefficient (Wildman–Crippen LogP) is 4.07. The number of amides is 1. The van der Waals surface area contributed by atoms with Crippen molar-refractivity contribution in [2.75, 3.05) is 14.1 Å². The number of halogens is 1. The Labute approximate surface area is 152 Å². The van der Waals surface area contributed by atoms with Crippen LogP contribution in [-0.4, -0.2) is 39.4 Å². The van der Waals surface area contributed by atoms with Gasteiger partial charge in [0.1, 0.15) is 11.3 Å². The van der Waals surface area contributed by atoms with E-state index in [-0.39, 0.29) is 16.6 Å². The molecule has 0 spiro atoms. The van der Waals surface area contributed by atoms with Gasteiger partial charge in [0, 0.05) is 31.4 Å². The van der Waals surface area contributed by atoms with E-state index in [2.05, 4.69) is 42.9 Å². The third-order valence-electron chi connectivity index (χ3n) is 4.13. The Hall–Kier alpha value is -2.40. The molecule has 0 saturated heterocycles. The van der Waals surface area contributed by atoms with Crippen molar-refractivity contribution >= 4 is 28.5 Å². The largest absolute Gasteiger partial charge is 0.343 e. The molecule has 0 saturated carbocycles. The minimum Gasteiger partial charge on any atom is -0.343 e. The molecule has 0 radical (unpaired) electrons. The maximum atomic E-state index is 12.6. The number of hydrogen-bond acceptors (Lipinski definition) is 3. The van der Waals surface area contributed by atoms with E-state index >= 15 is 0 Å². The zero-order valence-corrected chi connectivity index (χ0v) is 15.8. The predicted molar refractivity (Wildman–Crippen MR) is 101 cm³/mol. The summed E-state index contributed by atoms with van der Waals surface area (Å²) in [4.78, 5) is 22.5. The van der Waals surface area contributed by atoms with E-state index in [1.54, 1.807) is 31.3 Å². The molecule has 0 unspecified atom stereocenters. The van der Waals surface area contributed by atoms with Gasteiger partial charge in [-0.15, -0.1) is 0 Å². The molecule has 2 aromatic heterocycles. The maximum Gasteiger partial charge on any atom is 0.270 e. The zero-order valence-electron chi connectivity index (χ0n) is 15.0. The smallest absolute Gasteiger partial charge is 0.270 e. The van der Waals surface area contributed by atoms with Crippen molar-refractivity contribution in [2.24, 2.45) is 0 Å². The molecule has 6 heteroatoms. The summed E-state index contributed by atoms with van der Waals surface area (Å²) in [5, 5.41) is 0.927. The molecule has 3 aromatic rings. The number of hydrogen-bond donors (Lipinski definition) is 0. The Kier molecular flexibility index (Phi) is 4.29. The first kappa shape index (κ1) is 17.4. The lowest BCUT2D eigenvalue weighted by Crippen LogP contribution is -2.24. The zero-order chi connectivity index (χ0) is 18.4. The molecule has 0 aliphatic heterocycles. The summed E-state index contributed by atoms with van der Waals surface area (Å²) in [6, 6.07) is 9.96. The van der Waals surface area contributed by atoms with E-state index in [9.17, 15) is 4.79 Å². The molecule has 3 rings (SSSR count). The van der Waals surface area contributed by atoms with Crippen molar-refractivity contribution in [3.05, 3.63) is 53.1 Å². The number of rotatable bonds is 2. The summed E-state index contributed by atoms with van der Waals surface area (Å²) in [5.74, 6) is -0.103. The number of carbonyl (C=O) groups is 1. The second-order valence-electron chi connectivity index (χ2n) is 7.28. The van der Waals surface area contributed by atoms with Gasteiger partial charge in [-0.05, 0) is 40.8 Å². The summed E-state index contributed by atoms with van der Waals surface area (Å²) in [7, 11) is 3.46. The van der Waals surface area contributed by atoms with E-state index in [1.807, 2.05) is 16.7 Å². The second kappa shape index (κ2) is 6.15. The highest BCUT2D eigenvalue weighted by Crippen LogP contribution is 2.27. The second-order valence-corrected chi connectivity index (χ2v) is 7.62. The van der Waals surface area contributed by atoms with Crippen molar-refractivity contribution in [2.45, 2.75) is 26.2 Å². The highest BCUT2D eigenvalue weighted by atomic mass is 35.5. The standard InChI is InChI=1S/C19H21ClN4O/c1-19(2,3)13-6-8-14(9-7-13)24-15(17(25)23(4)5)10-12-11-21-18(20)22-16(12)24/h6-11H,1-5H3. The molecule has 130 valence electrons. The minimum absolute atomic E-state index is 0.0606. The van der Waals surface area contributed by atoms with E-state index in [1.165, 1.54) is 5.56 Å². The van der Waals surface area contributed by atoms with Gasteiger partial charge in [-0.2, -0.15) is 4.98 Å². The fourth-order valence-corrected chi connectivity index (χ4v) is 2.86. The third kappa shape index (κ3) is 3.24. The summed E-state index contributed by atoms with van der Waals surface area (Å²) in [5.41, 5.74) is 3.29. The van der Waals surface area contributed by atoms with Crippen LogP contribution in [0.1, 0.15) is 36.8 Å². The Morgan fingerprint density at radius 1 is 1.16 bits per heavy atom. The van der Waals surface area contributed by atoms with Crippen LogP contribution in [0, 0.1) is 0 Å². The molecule has 25 heavy (non-hydrogen) atoms. The Morgan fingerprint density at radius 3 is 2.36 bits per heavy atom. The fourth-order valence-electron chi connectivity index (χ4n) is 2.73. The van der Waals surface area contributed by atoms with Crippen LogP contribution >= 0.6 is 11.6 Å². The van der Waals surface area contributed by atoms with Crippen molar-refractivity contribution in [1.82, 2.24) is 19.4 Å². The Balaban J connectivity index is 2.24. The molecule has 0 aliphatic rings. The van der Waals surface area contributed by atoms with Gasteiger partial charge < -0.3 is 4.90 Å². The van der Waals surface area contributed by atoms with Gasteiger partial charge in [0.15, 0.2) is 0 Å². The highest BCUT2D eigenvalue weighted by Gasteiger charge is 2.20. The normalized spacial score (nSPS) is 11.8. The number of nitrogens with zero attached hydrogens (tertiary/aromatic N) is 4. The van der Waals surface area contributed by atoms with Crippen molar-refractivity contribution in [3.63, 3.8) is 0 Å². The first-order chi connectivity index (χ1) is 11.7. The lowest BCUT2D eigenvalue weighted by Gasteiger charge is -2.20. The molecule has 0 fully saturated rings. The van der Waals surface area contributed by atoms with Crippen LogP contribution in [0.2, 0.25) is 5.28 Å². The highest BCUT2D eigenvalue weighted by molar-refractivity contribution is 6.28. The monoisotopic (exact) mass is 356 g/mol. The van der Waals surface area contributed by atoms with Gasteiger partial charge in [0.2, 0.25) is 5.28 Å². The summed E-state index contributed by atoms with van der Waals surface area (Å²) in [6.45, 7) is 6.50. The third-order valence-corrected chi connectivity index (χ3v) is 4.31.